The molecule has 0 heterocycles. The van der Waals surface area contributed by atoms with Crippen LogP contribution in [0.15, 0.2) is 35.2 Å². The van der Waals surface area contributed by atoms with Crippen molar-refractivity contribution in [1.82, 2.24) is 0 Å². The number of hydrogen-bond acceptors (Lipinski definition) is 5. The molecule has 0 atom stereocenters. The third-order valence-corrected chi connectivity index (χ3v) is 5.38. The summed E-state index contributed by atoms with van der Waals surface area (Å²) in [5.41, 5.74) is -0.591. The smallest absolute Gasteiger partial charge is 0.337 e. The minimum atomic E-state index is -4.21. The average Bonchev–Trinajstić information content (AvgIpc) is 2.50. The Morgan fingerprint density at radius 1 is 1.24 bits per heavy atom. The molecular formula is C14H10Cl2N2O6S. The molecule has 0 aliphatic heterocycles. The van der Waals surface area contributed by atoms with Crippen LogP contribution in [0.4, 0.5) is 11.4 Å². The Morgan fingerprint density at radius 3 is 2.44 bits per heavy atom. The number of hydrogen-bond donors (Lipinski definition) is 2. The van der Waals surface area contributed by atoms with Gasteiger partial charge in [-0.2, -0.15) is 0 Å². The SMILES string of the molecule is Cc1ccc(S(=O)(=O)Nc2cc(Cl)c(Cl)c(C(=O)O)c2)cc1[N+](=O)[O-]. The predicted octanol–water partition coefficient (Wildman–Crippen LogP) is 3.71. The van der Waals surface area contributed by atoms with Crippen molar-refractivity contribution in [3.63, 3.8) is 0 Å². The van der Waals surface area contributed by atoms with Crippen LogP contribution >= 0.6 is 23.2 Å². The van der Waals surface area contributed by atoms with E-state index < -0.39 is 20.9 Å². The summed E-state index contributed by atoms with van der Waals surface area (Å²) in [5, 5.41) is 19.6. The molecule has 0 amide bonds. The van der Waals surface area contributed by atoms with Crippen LogP contribution in [0.3, 0.4) is 0 Å². The standard InChI is InChI=1S/C14H10Cl2N2O6S/c1-7-2-3-9(6-12(7)18(21)22)25(23,24)17-8-4-10(14(19)20)13(16)11(15)5-8/h2-6,17H,1H3,(H,19,20). The third kappa shape index (κ3) is 4.01. The number of halogens is 2. The van der Waals surface area contributed by atoms with Crippen molar-refractivity contribution in [2.45, 2.75) is 11.8 Å². The highest BCUT2D eigenvalue weighted by Gasteiger charge is 2.21. The first-order chi connectivity index (χ1) is 11.5. The highest BCUT2D eigenvalue weighted by atomic mass is 35.5. The minimum absolute atomic E-state index is 0.143. The van der Waals surface area contributed by atoms with Gasteiger partial charge in [0.05, 0.1) is 31.1 Å². The van der Waals surface area contributed by atoms with Gasteiger partial charge in [-0.05, 0) is 25.1 Å². The molecule has 0 unspecified atom stereocenters. The lowest BCUT2D eigenvalue weighted by Gasteiger charge is -2.11. The second kappa shape index (κ2) is 6.87. The van der Waals surface area contributed by atoms with E-state index in [1.807, 2.05) is 0 Å². The van der Waals surface area contributed by atoms with Crippen LogP contribution < -0.4 is 4.72 Å². The van der Waals surface area contributed by atoms with E-state index in [1.54, 1.807) is 0 Å². The van der Waals surface area contributed by atoms with Gasteiger partial charge in [0.2, 0.25) is 0 Å². The summed E-state index contributed by atoms with van der Waals surface area (Å²) in [6.45, 7) is 1.47. The van der Waals surface area contributed by atoms with Gasteiger partial charge < -0.3 is 5.11 Å². The highest BCUT2D eigenvalue weighted by Crippen LogP contribution is 2.31. The van der Waals surface area contributed by atoms with Crippen LogP contribution in [-0.2, 0) is 10.0 Å². The zero-order chi connectivity index (χ0) is 18.9. The second-order valence-electron chi connectivity index (χ2n) is 4.94. The Hall–Kier alpha value is -2.36. The molecule has 2 aromatic rings. The van der Waals surface area contributed by atoms with Crippen molar-refractivity contribution >= 4 is 50.6 Å². The van der Waals surface area contributed by atoms with E-state index >= 15 is 0 Å². The van der Waals surface area contributed by atoms with Crippen molar-refractivity contribution in [3.05, 3.63) is 61.6 Å². The number of benzene rings is 2. The Balaban J connectivity index is 2.48. The Bertz CT molecular complexity index is 991. The summed E-state index contributed by atoms with van der Waals surface area (Å²) >= 11 is 11.6. The van der Waals surface area contributed by atoms with Gasteiger partial charge in [0.25, 0.3) is 15.7 Å². The molecule has 0 saturated carbocycles. The zero-order valence-corrected chi connectivity index (χ0v) is 14.8. The molecule has 0 aromatic heterocycles. The molecule has 25 heavy (non-hydrogen) atoms. The van der Waals surface area contributed by atoms with Crippen LogP contribution in [0.25, 0.3) is 0 Å². The first kappa shape index (κ1) is 19.0. The zero-order valence-electron chi connectivity index (χ0n) is 12.5. The van der Waals surface area contributed by atoms with Crippen LogP contribution in [0.5, 0.6) is 0 Å². The number of nitrogens with zero attached hydrogens (tertiary/aromatic N) is 1. The highest BCUT2D eigenvalue weighted by molar-refractivity contribution is 7.92. The van der Waals surface area contributed by atoms with Gasteiger partial charge in [0.15, 0.2) is 0 Å². The predicted molar refractivity (Wildman–Crippen MR) is 92.1 cm³/mol. The van der Waals surface area contributed by atoms with E-state index in [4.69, 9.17) is 28.3 Å². The molecule has 0 fully saturated rings. The fourth-order valence-corrected chi connectivity index (χ4v) is 3.44. The van der Waals surface area contributed by atoms with Crippen LogP contribution in [0, 0.1) is 17.0 Å². The number of carboxylic acids is 1. The van der Waals surface area contributed by atoms with Crippen LogP contribution in [0.1, 0.15) is 15.9 Å². The molecule has 2 N–H and O–H groups in total. The number of aryl methyl sites for hydroxylation is 1. The van der Waals surface area contributed by atoms with Crippen molar-refractivity contribution in [1.29, 1.82) is 0 Å². The van der Waals surface area contributed by atoms with E-state index in [0.29, 0.717) is 5.56 Å². The quantitative estimate of drug-likeness (QED) is 0.577. The number of carboxylic acid groups (broad SMARTS) is 1. The van der Waals surface area contributed by atoms with Crippen molar-refractivity contribution < 1.29 is 23.2 Å². The first-order valence-electron chi connectivity index (χ1n) is 6.53. The van der Waals surface area contributed by atoms with Gasteiger partial charge in [-0.15, -0.1) is 0 Å². The molecular weight excluding hydrogens is 395 g/mol. The largest absolute Gasteiger partial charge is 0.478 e. The van der Waals surface area contributed by atoms with Crippen LogP contribution in [-0.4, -0.2) is 24.4 Å². The van der Waals surface area contributed by atoms with E-state index in [1.165, 1.54) is 19.1 Å². The third-order valence-electron chi connectivity index (χ3n) is 3.20. The summed E-state index contributed by atoms with van der Waals surface area (Å²) in [6.07, 6.45) is 0. The van der Waals surface area contributed by atoms with Gasteiger partial charge in [-0.1, -0.05) is 29.3 Å². The molecule has 0 saturated heterocycles. The molecule has 0 aliphatic carbocycles. The summed E-state index contributed by atoms with van der Waals surface area (Å²) in [6, 6.07) is 5.53. The van der Waals surface area contributed by atoms with Gasteiger partial charge in [-0.25, -0.2) is 13.2 Å². The van der Waals surface area contributed by atoms with Gasteiger partial charge in [0.1, 0.15) is 0 Å². The lowest BCUT2D eigenvalue weighted by atomic mass is 10.2. The lowest BCUT2D eigenvalue weighted by molar-refractivity contribution is -0.385. The number of nitrogens with one attached hydrogen (secondary N) is 1. The molecule has 0 spiro atoms. The molecule has 132 valence electrons. The van der Waals surface area contributed by atoms with Crippen molar-refractivity contribution in [3.8, 4) is 0 Å². The van der Waals surface area contributed by atoms with E-state index in [0.717, 1.165) is 18.2 Å². The van der Waals surface area contributed by atoms with Crippen molar-refractivity contribution in [2.24, 2.45) is 0 Å². The molecule has 0 radical (unpaired) electrons. The maximum atomic E-state index is 12.4. The van der Waals surface area contributed by atoms with Crippen molar-refractivity contribution in [2.75, 3.05) is 4.72 Å². The first-order valence-corrected chi connectivity index (χ1v) is 8.77. The fraction of sp³-hybridized carbons (Fsp3) is 0.0714. The Labute approximate surface area is 152 Å². The average molecular weight is 405 g/mol. The molecule has 2 aromatic carbocycles. The minimum Gasteiger partial charge on any atom is -0.478 e. The van der Waals surface area contributed by atoms with Gasteiger partial charge in [-0.3, -0.25) is 14.8 Å². The fourth-order valence-electron chi connectivity index (χ4n) is 1.97. The molecule has 2 rings (SSSR count). The van der Waals surface area contributed by atoms with E-state index in [2.05, 4.69) is 4.72 Å². The normalized spacial score (nSPS) is 11.2. The Kier molecular flexibility index (Phi) is 5.21. The van der Waals surface area contributed by atoms with Gasteiger partial charge >= 0.3 is 5.97 Å². The summed E-state index contributed by atoms with van der Waals surface area (Å²) in [5.74, 6) is -1.39. The molecule has 0 bridgehead atoms. The number of nitro groups is 1. The summed E-state index contributed by atoms with van der Waals surface area (Å²) < 4.78 is 26.9. The van der Waals surface area contributed by atoms with Crippen LogP contribution in [0.2, 0.25) is 10.0 Å². The second-order valence-corrected chi connectivity index (χ2v) is 7.40. The Morgan fingerprint density at radius 2 is 1.88 bits per heavy atom. The maximum absolute atomic E-state index is 12.4. The summed E-state index contributed by atoms with van der Waals surface area (Å²) in [4.78, 5) is 21.0. The molecule has 8 nitrogen and oxygen atoms in total. The molecule has 11 heteroatoms. The number of nitro benzene ring substituents is 1. The van der Waals surface area contributed by atoms with Gasteiger partial charge in [0, 0.05) is 11.6 Å². The monoisotopic (exact) mass is 404 g/mol. The summed E-state index contributed by atoms with van der Waals surface area (Å²) in [7, 11) is -4.21. The molecule has 0 aliphatic rings. The number of sulfonamides is 1. The van der Waals surface area contributed by atoms with E-state index in [9.17, 15) is 23.3 Å². The number of rotatable bonds is 5. The number of anilines is 1. The maximum Gasteiger partial charge on any atom is 0.337 e. The number of carbonyl (C=O) groups is 1. The topological polar surface area (TPSA) is 127 Å². The number of aromatic carboxylic acids is 1. The van der Waals surface area contributed by atoms with E-state index in [-0.39, 0.29) is 31.9 Å². The lowest BCUT2D eigenvalue weighted by Crippen LogP contribution is -2.14.